The van der Waals surface area contributed by atoms with E-state index >= 15 is 0 Å². The first-order valence-corrected chi connectivity index (χ1v) is 25.0. The zero-order valence-corrected chi connectivity index (χ0v) is 38.6. The van der Waals surface area contributed by atoms with Gasteiger partial charge < -0.3 is 29.9 Å². The highest BCUT2D eigenvalue weighted by atomic mass is 32.2. The molecule has 3 aliphatic carbocycles. The Kier molecular flexibility index (Phi) is 11.8. The molecule has 2 saturated heterocycles. The van der Waals surface area contributed by atoms with Crippen LogP contribution in [0.5, 0.6) is 11.5 Å². The molecule has 0 bridgehead atoms. The minimum absolute atomic E-state index is 0.0176. The van der Waals surface area contributed by atoms with Crippen LogP contribution in [0.1, 0.15) is 105 Å². The van der Waals surface area contributed by atoms with Crippen molar-refractivity contribution in [1.29, 1.82) is 0 Å². The average molecular weight is 917 g/mol. The van der Waals surface area contributed by atoms with E-state index < -0.39 is 37.0 Å². The fourth-order valence-electron chi connectivity index (χ4n) is 11.1. The average Bonchev–Trinajstić information content (AvgIpc) is 4.04. The monoisotopic (exact) mass is 916 g/mol. The van der Waals surface area contributed by atoms with Crippen molar-refractivity contribution in [2.45, 2.75) is 99.6 Å². The number of piperidine rings is 1. The molecule has 4 N–H and O–H groups in total. The Hall–Kier alpha value is -5.55. The van der Waals surface area contributed by atoms with Gasteiger partial charge in [-0.2, -0.15) is 0 Å². The number of nitrogens with zero attached hydrogens (tertiary/aromatic N) is 5. The minimum Gasteiger partial charge on any atom is -0.455 e. The van der Waals surface area contributed by atoms with Crippen LogP contribution >= 0.6 is 0 Å². The summed E-state index contributed by atoms with van der Waals surface area (Å²) >= 11 is 0. The molecule has 5 aromatic rings. The fraction of sp³-hybridized carbons (Fsp3) is 0.480. The van der Waals surface area contributed by atoms with Gasteiger partial charge in [-0.1, -0.05) is 24.3 Å². The largest absolute Gasteiger partial charge is 0.455 e. The number of likely N-dealkylation sites (N-methyl/N-ethyl adjacent to an activating group) is 1. The SMILES string of the molecule is CN1CCN(C2CC3(CCN(c4ccc(C(=O)NS(=O)(=O)c5ccc(NCC6CCC(C)(O)CC6)c([N+](=O)[O-])c5)c(Oc5cnc6[nH]ccc6c5)c4)CC3)C2)[C@H](c2ccccc2C2CC2)C1. The number of pyridine rings is 1. The molecule has 0 radical (unpaired) electrons. The van der Waals surface area contributed by atoms with Crippen molar-refractivity contribution in [1.82, 2.24) is 24.5 Å². The summed E-state index contributed by atoms with van der Waals surface area (Å²) in [4.78, 5) is 40.3. The van der Waals surface area contributed by atoms with E-state index in [0.29, 0.717) is 48.8 Å². The minimum atomic E-state index is -4.57. The molecule has 2 aliphatic heterocycles. The summed E-state index contributed by atoms with van der Waals surface area (Å²) < 4.78 is 36.1. The first-order valence-electron chi connectivity index (χ1n) is 23.6. The molecule has 1 amide bonds. The number of hydrogen-bond acceptors (Lipinski definition) is 12. The molecule has 5 fully saturated rings. The molecule has 348 valence electrons. The number of nitrogens with one attached hydrogen (secondary N) is 3. The number of carbonyl (C=O) groups excluding carboxylic acids is 1. The Morgan fingerprint density at radius 3 is 2.45 bits per heavy atom. The molecule has 3 aromatic carbocycles. The number of aromatic amines is 1. The topological polar surface area (TPSA) is 186 Å². The molecule has 10 rings (SSSR count). The highest BCUT2D eigenvalue weighted by Gasteiger charge is 2.50. The molecule has 5 aliphatic rings. The lowest BCUT2D eigenvalue weighted by molar-refractivity contribution is -0.384. The molecule has 1 spiro atoms. The number of ether oxygens (including phenoxy) is 1. The van der Waals surface area contributed by atoms with Crippen LogP contribution in [0.15, 0.2) is 90.1 Å². The summed E-state index contributed by atoms with van der Waals surface area (Å²) in [6.07, 6.45) is 13.2. The van der Waals surface area contributed by atoms with E-state index in [1.54, 1.807) is 36.2 Å². The van der Waals surface area contributed by atoms with Gasteiger partial charge in [-0.25, -0.2) is 18.1 Å². The fourth-order valence-corrected chi connectivity index (χ4v) is 12.1. The number of nitro groups is 1. The van der Waals surface area contributed by atoms with Gasteiger partial charge in [-0.05, 0) is 143 Å². The van der Waals surface area contributed by atoms with Gasteiger partial charge in [-0.3, -0.25) is 19.8 Å². The zero-order chi connectivity index (χ0) is 45.8. The lowest BCUT2D eigenvalue weighted by atomic mass is 9.59. The van der Waals surface area contributed by atoms with Gasteiger partial charge in [-0.15, -0.1) is 0 Å². The van der Waals surface area contributed by atoms with Crippen molar-refractivity contribution in [3.05, 3.63) is 112 Å². The van der Waals surface area contributed by atoms with E-state index in [0.717, 1.165) is 75.5 Å². The summed E-state index contributed by atoms with van der Waals surface area (Å²) in [5.74, 6) is 0.506. The first kappa shape index (κ1) is 44.3. The third-order valence-corrected chi connectivity index (χ3v) is 16.6. The number of hydrogen-bond donors (Lipinski definition) is 4. The van der Waals surface area contributed by atoms with E-state index in [1.807, 2.05) is 19.1 Å². The predicted molar refractivity (Wildman–Crippen MR) is 254 cm³/mol. The van der Waals surface area contributed by atoms with E-state index in [1.165, 1.54) is 43.4 Å². The maximum Gasteiger partial charge on any atom is 0.293 e. The van der Waals surface area contributed by atoms with Crippen molar-refractivity contribution >= 4 is 44.0 Å². The number of H-pyrrole nitrogens is 1. The number of nitro benzene ring substituents is 1. The number of aromatic nitrogens is 2. The van der Waals surface area contributed by atoms with Gasteiger partial charge in [0, 0.05) is 80.8 Å². The van der Waals surface area contributed by atoms with Crippen molar-refractivity contribution in [3.63, 3.8) is 0 Å². The maximum atomic E-state index is 14.0. The highest BCUT2D eigenvalue weighted by Crippen LogP contribution is 2.54. The summed E-state index contributed by atoms with van der Waals surface area (Å²) in [5.41, 5.74) is 3.92. The number of benzene rings is 3. The van der Waals surface area contributed by atoms with Gasteiger partial charge in [0.25, 0.3) is 21.6 Å². The molecule has 0 unspecified atom stereocenters. The Labute approximate surface area is 386 Å². The Balaban J connectivity index is 0.836. The van der Waals surface area contributed by atoms with Crippen molar-refractivity contribution in [3.8, 4) is 11.5 Å². The summed E-state index contributed by atoms with van der Waals surface area (Å²) in [6, 6.07) is 22.5. The molecular formula is C50H60N8O7S. The lowest BCUT2D eigenvalue weighted by Crippen LogP contribution is -2.59. The van der Waals surface area contributed by atoms with Crippen LogP contribution in [0.2, 0.25) is 0 Å². The Bertz CT molecular complexity index is 2730. The van der Waals surface area contributed by atoms with Gasteiger partial charge in [0.1, 0.15) is 22.8 Å². The number of piperazine rings is 1. The van der Waals surface area contributed by atoms with Crippen LogP contribution in [0.25, 0.3) is 11.0 Å². The number of rotatable bonds is 13. The van der Waals surface area contributed by atoms with Gasteiger partial charge >= 0.3 is 0 Å². The zero-order valence-electron chi connectivity index (χ0n) is 37.7. The third kappa shape index (κ3) is 9.25. The van der Waals surface area contributed by atoms with Gasteiger partial charge in [0.2, 0.25) is 0 Å². The predicted octanol–water partition coefficient (Wildman–Crippen LogP) is 8.35. The van der Waals surface area contributed by atoms with Crippen LogP contribution in [0, 0.1) is 21.4 Å². The van der Waals surface area contributed by atoms with E-state index in [2.05, 4.69) is 66.0 Å². The molecule has 4 heterocycles. The van der Waals surface area contributed by atoms with E-state index in [-0.39, 0.29) is 28.3 Å². The number of aliphatic hydroxyl groups is 1. The van der Waals surface area contributed by atoms with E-state index in [4.69, 9.17) is 4.74 Å². The summed E-state index contributed by atoms with van der Waals surface area (Å²) in [6.45, 7) is 7.16. The second-order valence-corrected chi connectivity index (χ2v) is 21.7. The van der Waals surface area contributed by atoms with Gasteiger partial charge in [0.05, 0.1) is 27.2 Å². The first-order chi connectivity index (χ1) is 31.7. The molecule has 16 heteroatoms. The number of fused-ring (bicyclic) bond motifs is 1. The molecule has 66 heavy (non-hydrogen) atoms. The third-order valence-electron chi connectivity index (χ3n) is 15.3. The number of carbonyl (C=O) groups is 1. The highest BCUT2D eigenvalue weighted by molar-refractivity contribution is 7.90. The Morgan fingerprint density at radius 2 is 1.71 bits per heavy atom. The van der Waals surface area contributed by atoms with Crippen LogP contribution in [-0.4, -0.2) is 102 Å². The van der Waals surface area contributed by atoms with Gasteiger partial charge in [0.15, 0.2) is 0 Å². The molecular weight excluding hydrogens is 857 g/mol. The smallest absolute Gasteiger partial charge is 0.293 e. The van der Waals surface area contributed by atoms with Crippen LogP contribution in [-0.2, 0) is 10.0 Å². The quantitative estimate of drug-likeness (QED) is 0.0655. The summed E-state index contributed by atoms with van der Waals surface area (Å²) in [5, 5.41) is 26.4. The number of amides is 1. The second kappa shape index (κ2) is 17.6. The van der Waals surface area contributed by atoms with Crippen molar-refractivity contribution < 1.29 is 28.0 Å². The molecule has 15 nitrogen and oxygen atoms in total. The van der Waals surface area contributed by atoms with Crippen molar-refractivity contribution in [2.24, 2.45) is 11.3 Å². The van der Waals surface area contributed by atoms with Crippen LogP contribution in [0.3, 0.4) is 0 Å². The molecule has 3 saturated carbocycles. The lowest BCUT2D eigenvalue weighted by Gasteiger charge is -2.58. The van der Waals surface area contributed by atoms with E-state index in [9.17, 15) is 28.4 Å². The van der Waals surface area contributed by atoms with Crippen LogP contribution < -0.4 is 19.7 Å². The normalized spacial score (nSPS) is 24.0. The number of sulfonamides is 1. The standard InChI is InChI=1S/C50H60N8O7S/c1-49(60)16-13-33(14-17-49)30-52-43-12-10-39(27-44(43)58(61)62)66(63,64)54-48(59)42-11-9-36(26-46(42)65-38-25-35-15-20-51-47(35)53-31-38)56-21-18-50(19-22-56)28-37(29-50)57-24-23-55(2)32-45(57)41-6-4-3-5-40(41)34-7-8-34/h3-6,9-12,15,20,25-27,31,33-34,37,45,52,60H,7-8,13-14,16-19,21-24,28-30,32H2,1-2H3,(H,51,53)(H,54,59)/t33?,45-,49?/m0/s1. The van der Waals surface area contributed by atoms with Crippen molar-refractivity contribution in [2.75, 3.05) is 56.5 Å². The molecule has 2 aromatic heterocycles. The number of anilines is 2. The second-order valence-electron chi connectivity index (χ2n) is 20.0. The molecule has 1 atom stereocenters. The van der Waals surface area contributed by atoms with Crippen LogP contribution in [0.4, 0.5) is 17.1 Å². The maximum absolute atomic E-state index is 14.0. The Morgan fingerprint density at radius 1 is 0.955 bits per heavy atom. The summed E-state index contributed by atoms with van der Waals surface area (Å²) in [7, 11) is -2.32.